The standard InChI is InChI=1S/C32H27BrN2O5S/c1-39-29-10-6-9-23(30(29)40-2)19-27(35-31(37)22-7-4-3-5-8-22)32(38)34-25-15-17-26(18-16-25)41-20-28(36)21-11-13-24(33)14-12-21/h3-19H,20H2,1-2H3,(H,34,38)(H,35,37)/b27-19-. The zero-order chi connectivity index (χ0) is 29.2. The summed E-state index contributed by atoms with van der Waals surface area (Å²) in [5.74, 6) is 0.266. The molecule has 0 heterocycles. The van der Waals surface area contributed by atoms with Crippen LogP contribution in [-0.4, -0.2) is 37.6 Å². The van der Waals surface area contributed by atoms with Crippen LogP contribution in [-0.2, 0) is 4.79 Å². The maximum absolute atomic E-state index is 13.4. The third-order valence-electron chi connectivity index (χ3n) is 5.91. The minimum absolute atomic E-state index is 0.0175. The number of para-hydroxylation sites is 1. The van der Waals surface area contributed by atoms with Crippen molar-refractivity contribution in [3.63, 3.8) is 0 Å². The number of carbonyl (C=O) groups excluding carboxylic acids is 3. The van der Waals surface area contributed by atoms with Crippen LogP contribution >= 0.6 is 27.7 Å². The third-order valence-corrected chi connectivity index (χ3v) is 7.45. The molecule has 2 N–H and O–H groups in total. The number of hydrogen-bond acceptors (Lipinski definition) is 6. The topological polar surface area (TPSA) is 93.7 Å². The molecule has 2 amide bonds. The van der Waals surface area contributed by atoms with Crippen molar-refractivity contribution in [1.82, 2.24) is 5.32 Å². The molecule has 0 aliphatic heterocycles. The highest BCUT2D eigenvalue weighted by molar-refractivity contribution is 9.10. The molecular formula is C32H27BrN2O5S. The molecule has 208 valence electrons. The fourth-order valence-electron chi connectivity index (χ4n) is 3.82. The second-order valence-corrected chi connectivity index (χ2v) is 10.6. The van der Waals surface area contributed by atoms with E-state index in [9.17, 15) is 14.4 Å². The second-order valence-electron chi connectivity index (χ2n) is 8.66. The van der Waals surface area contributed by atoms with E-state index in [0.717, 1.165) is 9.37 Å². The highest BCUT2D eigenvalue weighted by Crippen LogP contribution is 2.32. The first-order chi connectivity index (χ1) is 19.9. The summed E-state index contributed by atoms with van der Waals surface area (Å²) in [5.41, 5.74) is 2.14. The van der Waals surface area contributed by atoms with Gasteiger partial charge in [-0.3, -0.25) is 14.4 Å². The van der Waals surface area contributed by atoms with Gasteiger partial charge in [-0.25, -0.2) is 0 Å². The Morgan fingerprint density at radius 2 is 1.51 bits per heavy atom. The van der Waals surface area contributed by atoms with Gasteiger partial charge in [0.05, 0.1) is 20.0 Å². The van der Waals surface area contributed by atoms with Crippen LogP contribution in [0.5, 0.6) is 11.5 Å². The Morgan fingerprint density at radius 1 is 0.805 bits per heavy atom. The molecule has 0 bridgehead atoms. The second kappa shape index (κ2) is 14.3. The van der Waals surface area contributed by atoms with Crippen LogP contribution in [0.15, 0.2) is 112 Å². The number of thioether (sulfide) groups is 1. The Labute approximate surface area is 251 Å². The molecule has 0 aliphatic rings. The van der Waals surface area contributed by atoms with Gasteiger partial charge in [-0.2, -0.15) is 0 Å². The van der Waals surface area contributed by atoms with Crippen molar-refractivity contribution in [2.45, 2.75) is 4.90 Å². The van der Waals surface area contributed by atoms with Crippen molar-refractivity contribution < 1.29 is 23.9 Å². The Kier molecular flexibility index (Phi) is 10.4. The molecule has 0 radical (unpaired) electrons. The lowest BCUT2D eigenvalue weighted by Gasteiger charge is -2.14. The summed E-state index contributed by atoms with van der Waals surface area (Å²) in [5, 5.41) is 5.56. The van der Waals surface area contributed by atoms with Crippen LogP contribution in [0.25, 0.3) is 6.08 Å². The Balaban J connectivity index is 1.50. The van der Waals surface area contributed by atoms with Crippen LogP contribution in [0.2, 0.25) is 0 Å². The molecule has 41 heavy (non-hydrogen) atoms. The summed E-state index contributed by atoms with van der Waals surface area (Å²) in [6.07, 6.45) is 1.54. The number of amides is 2. The number of benzene rings is 4. The molecule has 0 fully saturated rings. The molecule has 0 aliphatic carbocycles. The van der Waals surface area contributed by atoms with Crippen LogP contribution < -0.4 is 20.1 Å². The monoisotopic (exact) mass is 630 g/mol. The van der Waals surface area contributed by atoms with Crippen molar-refractivity contribution in [2.24, 2.45) is 0 Å². The van der Waals surface area contributed by atoms with E-state index in [1.165, 1.54) is 32.1 Å². The highest BCUT2D eigenvalue weighted by atomic mass is 79.9. The zero-order valence-electron chi connectivity index (χ0n) is 22.3. The Morgan fingerprint density at radius 3 is 2.17 bits per heavy atom. The first kappa shape index (κ1) is 29.6. The van der Waals surface area contributed by atoms with Crippen LogP contribution in [0.4, 0.5) is 5.69 Å². The summed E-state index contributed by atoms with van der Waals surface area (Å²) in [4.78, 5) is 39.7. The molecule has 0 saturated heterocycles. The molecule has 0 spiro atoms. The van der Waals surface area contributed by atoms with E-state index in [2.05, 4.69) is 26.6 Å². The molecule has 4 aromatic carbocycles. The number of Topliss-reactive ketones (excluding diaryl/α,β-unsaturated/α-hetero) is 1. The normalized spacial score (nSPS) is 11.0. The van der Waals surface area contributed by atoms with Gasteiger partial charge in [0.25, 0.3) is 11.8 Å². The van der Waals surface area contributed by atoms with E-state index in [-0.39, 0.29) is 17.2 Å². The Hall–Kier alpha value is -4.34. The summed E-state index contributed by atoms with van der Waals surface area (Å²) in [6, 6.07) is 28.3. The smallest absolute Gasteiger partial charge is 0.272 e. The average molecular weight is 632 g/mol. The molecule has 0 saturated carbocycles. The first-order valence-electron chi connectivity index (χ1n) is 12.5. The van der Waals surface area contributed by atoms with E-state index in [4.69, 9.17) is 9.47 Å². The lowest BCUT2D eigenvalue weighted by atomic mass is 10.1. The zero-order valence-corrected chi connectivity index (χ0v) is 24.8. The van der Waals surface area contributed by atoms with E-state index >= 15 is 0 Å². The predicted octanol–water partition coefficient (Wildman–Crippen LogP) is 6.85. The number of nitrogens with one attached hydrogen (secondary N) is 2. The lowest BCUT2D eigenvalue weighted by Crippen LogP contribution is -2.30. The largest absolute Gasteiger partial charge is 0.493 e. The van der Waals surface area contributed by atoms with Gasteiger partial charge < -0.3 is 20.1 Å². The van der Waals surface area contributed by atoms with E-state index in [1.807, 2.05) is 24.3 Å². The van der Waals surface area contributed by atoms with Crippen LogP contribution in [0.1, 0.15) is 26.3 Å². The minimum Gasteiger partial charge on any atom is -0.493 e. The van der Waals surface area contributed by atoms with Crippen molar-refractivity contribution in [3.8, 4) is 11.5 Å². The molecule has 0 atom stereocenters. The molecule has 0 unspecified atom stereocenters. The number of methoxy groups -OCH3 is 2. The number of hydrogen-bond donors (Lipinski definition) is 2. The first-order valence-corrected chi connectivity index (χ1v) is 14.3. The number of anilines is 1. The van der Waals surface area contributed by atoms with E-state index in [0.29, 0.717) is 33.9 Å². The molecule has 9 heteroatoms. The SMILES string of the molecule is COc1cccc(/C=C(\NC(=O)c2ccccc2)C(=O)Nc2ccc(SCC(=O)c3ccc(Br)cc3)cc2)c1OC. The number of carbonyl (C=O) groups is 3. The van der Waals surface area contributed by atoms with Gasteiger partial charge in [-0.1, -0.05) is 58.4 Å². The van der Waals surface area contributed by atoms with Crippen molar-refractivity contribution in [1.29, 1.82) is 0 Å². The maximum Gasteiger partial charge on any atom is 0.272 e. The maximum atomic E-state index is 13.4. The van der Waals surface area contributed by atoms with Crippen LogP contribution in [0.3, 0.4) is 0 Å². The summed E-state index contributed by atoms with van der Waals surface area (Å²) in [6.45, 7) is 0. The number of ketones is 1. The molecular weight excluding hydrogens is 604 g/mol. The van der Waals surface area contributed by atoms with E-state index in [1.54, 1.807) is 72.8 Å². The summed E-state index contributed by atoms with van der Waals surface area (Å²) in [7, 11) is 3.03. The quantitative estimate of drug-likeness (QED) is 0.107. The van der Waals surface area contributed by atoms with E-state index < -0.39 is 11.8 Å². The lowest BCUT2D eigenvalue weighted by molar-refractivity contribution is -0.113. The van der Waals surface area contributed by atoms with Crippen molar-refractivity contribution in [2.75, 3.05) is 25.3 Å². The molecule has 7 nitrogen and oxygen atoms in total. The van der Waals surface area contributed by atoms with Gasteiger partial charge in [-0.05, 0) is 60.7 Å². The fraction of sp³-hybridized carbons (Fsp3) is 0.0938. The third kappa shape index (κ3) is 8.09. The Bertz CT molecular complexity index is 1560. The van der Waals surface area contributed by atoms with Crippen LogP contribution in [0, 0.1) is 0 Å². The van der Waals surface area contributed by atoms with Crippen molar-refractivity contribution in [3.05, 3.63) is 124 Å². The highest BCUT2D eigenvalue weighted by Gasteiger charge is 2.17. The number of ether oxygens (including phenoxy) is 2. The minimum atomic E-state index is -0.523. The number of halogens is 1. The molecule has 0 aromatic heterocycles. The number of rotatable bonds is 11. The molecule has 4 rings (SSSR count). The molecule has 4 aromatic rings. The van der Waals surface area contributed by atoms with Gasteiger partial charge >= 0.3 is 0 Å². The predicted molar refractivity (Wildman–Crippen MR) is 166 cm³/mol. The van der Waals surface area contributed by atoms with Gasteiger partial charge in [0.2, 0.25) is 0 Å². The van der Waals surface area contributed by atoms with Gasteiger partial charge in [-0.15, -0.1) is 11.8 Å². The van der Waals surface area contributed by atoms with Gasteiger partial charge in [0.15, 0.2) is 17.3 Å². The van der Waals surface area contributed by atoms with Crippen molar-refractivity contribution >= 4 is 57.1 Å². The fourth-order valence-corrected chi connectivity index (χ4v) is 4.88. The van der Waals surface area contributed by atoms with Gasteiger partial charge in [0, 0.05) is 31.7 Å². The summed E-state index contributed by atoms with van der Waals surface area (Å²) < 4.78 is 11.8. The summed E-state index contributed by atoms with van der Waals surface area (Å²) >= 11 is 4.78. The van der Waals surface area contributed by atoms with Gasteiger partial charge in [0.1, 0.15) is 5.70 Å². The average Bonchev–Trinajstić information content (AvgIpc) is 3.00.